The zero-order chi connectivity index (χ0) is 13.1. The Morgan fingerprint density at radius 3 is 2.94 bits per heavy atom. The van der Waals surface area contributed by atoms with Gasteiger partial charge in [0.15, 0.2) is 0 Å². The number of ether oxygens (including phenoxy) is 1. The molecule has 0 aliphatic rings. The Morgan fingerprint density at radius 2 is 2.22 bits per heavy atom. The first-order chi connectivity index (χ1) is 8.60. The first kappa shape index (κ1) is 12.5. The van der Waals surface area contributed by atoms with Crippen LogP contribution >= 0.6 is 11.6 Å². The number of nitrogen functional groups attached to an aromatic ring is 1. The van der Waals surface area contributed by atoms with Crippen molar-refractivity contribution in [1.29, 1.82) is 0 Å². The van der Waals surface area contributed by atoms with E-state index in [1.807, 2.05) is 6.92 Å². The first-order valence-corrected chi connectivity index (χ1v) is 5.41. The van der Waals surface area contributed by atoms with Crippen molar-refractivity contribution in [1.82, 2.24) is 9.97 Å². The molecular formula is C11H10ClFN4O. The van der Waals surface area contributed by atoms with Crippen LogP contribution in [-0.2, 0) is 0 Å². The number of hydrazine groups is 1. The lowest BCUT2D eigenvalue weighted by atomic mass is 10.2. The molecule has 0 radical (unpaired) electrons. The molecule has 0 fully saturated rings. The predicted molar refractivity (Wildman–Crippen MR) is 66.1 cm³/mol. The number of hydrogen-bond donors (Lipinski definition) is 2. The molecule has 0 aliphatic carbocycles. The number of halogens is 2. The zero-order valence-corrected chi connectivity index (χ0v) is 10.2. The van der Waals surface area contributed by atoms with Gasteiger partial charge in [0.2, 0.25) is 11.8 Å². The van der Waals surface area contributed by atoms with Crippen LogP contribution in [0.2, 0.25) is 5.02 Å². The second kappa shape index (κ2) is 5.16. The van der Waals surface area contributed by atoms with Gasteiger partial charge in [-0.15, -0.1) is 0 Å². The van der Waals surface area contributed by atoms with Crippen molar-refractivity contribution in [2.24, 2.45) is 5.84 Å². The summed E-state index contributed by atoms with van der Waals surface area (Å²) in [4.78, 5) is 7.38. The lowest BCUT2D eigenvalue weighted by Gasteiger charge is -2.09. The van der Waals surface area contributed by atoms with E-state index in [0.29, 0.717) is 10.8 Å². The van der Waals surface area contributed by atoms with E-state index in [2.05, 4.69) is 15.4 Å². The van der Waals surface area contributed by atoms with Crippen molar-refractivity contribution in [2.45, 2.75) is 6.92 Å². The molecule has 1 heterocycles. The average molecular weight is 269 g/mol. The summed E-state index contributed by atoms with van der Waals surface area (Å²) in [6.45, 7) is 1.81. The lowest BCUT2D eigenvalue weighted by molar-refractivity contribution is 0.418. The summed E-state index contributed by atoms with van der Waals surface area (Å²) in [5.74, 6) is 4.72. The van der Waals surface area contributed by atoms with Gasteiger partial charge in [0.05, 0.1) is 6.20 Å². The highest BCUT2D eigenvalue weighted by Gasteiger charge is 2.10. The van der Waals surface area contributed by atoms with Gasteiger partial charge in [-0.1, -0.05) is 17.7 Å². The van der Waals surface area contributed by atoms with Crippen molar-refractivity contribution in [3.8, 4) is 11.6 Å². The molecule has 0 saturated carbocycles. The van der Waals surface area contributed by atoms with E-state index in [1.54, 1.807) is 18.2 Å². The standard InChI is InChI=1S/C11H10ClFN4O/c1-6-2-3-7(12)4-9(6)18-10-8(13)5-15-11(16-10)17-14/h2-5H,14H2,1H3,(H,15,16,17). The molecular weight excluding hydrogens is 259 g/mol. The Bertz CT molecular complexity index is 579. The maximum atomic E-state index is 13.5. The third-order valence-corrected chi connectivity index (χ3v) is 2.43. The van der Waals surface area contributed by atoms with E-state index in [4.69, 9.17) is 22.2 Å². The Hall–Kier alpha value is -1.92. The predicted octanol–water partition coefficient (Wildman–Crippen LogP) is 2.66. The topological polar surface area (TPSA) is 73.1 Å². The number of aryl methyl sites for hydroxylation is 1. The number of nitrogens with two attached hydrogens (primary N) is 1. The molecule has 0 aliphatic heterocycles. The Balaban J connectivity index is 2.36. The number of benzene rings is 1. The average Bonchev–Trinajstić information content (AvgIpc) is 2.36. The normalized spacial score (nSPS) is 10.2. The van der Waals surface area contributed by atoms with Gasteiger partial charge in [0, 0.05) is 5.02 Å². The second-order valence-corrected chi connectivity index (χ2v) is 3.94. The minimum Gasteiger partial charge on any atom is -0.436 e. The van der Waals surface area contributed by atoms with Crippen LogP contribution < -0.4 is 16.0 Å². The van der Waals surface area contributed by atoms with Crippen molar-refractivity contribution >= 4 is 17.5 Å². The second-order valence-electron chi connectivity index (χ2n) is 3.50. The van der Waals surface area contributed by atoms with Crippen LogP contribution in [0.5, 0.6) is 11.6 Å². The molecule has 7 heteroatoms. The molecule has 94 valence electrons. The van der Waals surface area contributed by atoms with E-state index in [1.165, 1.54) is 0 Å². The van der Waals surface area contributed by atoms with E-state index >= 15 is 0 Å². The molecule has 0 spiro atoms. The summed E-state index contributed by atoms with van der Waals surface area (Å²) in [5, 5.41) is 0.488. The minimum atomic E-state index is -0.687. The number of aromatic nitrogens is 2. The molecule has 5 nitrogen and oxygen atoms in total. The van der Waals surface area contributed by atoms with Crippen molar-refractivity contribution in [3.05, 3.63) is 40.8 Å². The minimum absolute atomic E-state index is 0.0612. The Labute approximate surface area is 108 Å². The van der Waals surface area contributed by atoms with Gasteiger partial charge in [-0.3, -0.25) is 5.43 Å². The Morgan fingerprint density at radius 1 is 1.44 bits per heavy atom. The molecule has 2 rings (SSSR count). The van der Waals surface area contributed by atoms with Gasteiger partial charge >= 0.3 is 0 Å². The van der Waals surface area contributed by atoms with Crippen LogP contribution in [0.1, 0.15) is 5.56 Å². The molecule has 1 aromatic carbocycles. The van der Waals surface area contributed by atoms with Gasteiger partial charge < -0.3 is 4.74 Å². The summed E-state index contributed by atoms with van der Waals surface area (Å²) in [6.07, 6.45) is 0.970. The lowest BCUT2D eigenvalue weighted by Crippen LogP contribution is -2.11. The highest BCUT2D eigenvalue weighted by molar-refractivity contribution is 6.30. The number of nitrogens with zero attached hydrogens (tertiary/aromatic N) is 2. The molecule has 0 bridgehead atoms. The highest BCUT2D eigenvalue weighted by Crippen LogP contribution is 2.28. The van der Waals surface area contributed by atoms with Crippen LogP contribution in [0.15, 0.2) is 24.4 Å². The SMILES string of the molecule is Cc1ccc(Cl)cc1Oc1nc(NN)ncc1F. The van der Waals surface area contributed by atoms with Gasteiger partial charge in [-0.2, -0.15) is 9.37 Å². The maximum Gasteiger partial charge on any atom is 0.260 e. The van der Waals surface area contributed by atoms with Crippen LogP contribution in [0.25, 0.3) is 0 Å². The summed E-state index contributed by atoms with van der Waals surface area (Å²) >= 11 is 5.84. The molecule has 1 aromatic heterocycles. The number of nitrogens with one attached hydrogen (secondary N) is 1. The quantitative estimate of drug-likeness (QED) is 0.661. The molecule has 0 amide bonds. The summed E-state index contributed by atoms with van der Waals surface area (Å²) in [6, 6.07) is 5.06. The number of rotatable bonds is 3. The molecule has 0 unspecified atom stereocenters. The largest absolute Gasteiger partial charge is 0.436 e. The first-order valence-electron chi connectivity index (χ1n) is 5.03. The molecule has 0 saturated heterocycles. The van der Waals surface area contributed by atoms with Gasteiger partial charge in [0.1, 0.15) is 5.75 Å². The van der Waals surface area contributed by atoms with Crippen molar-refractivity contribution < 1.29 is 9.13 Å². The van der Waals surface area contributed by atoms with Gasteiger partial charge in [0.25, 0.3) is 5.88 Å². The van der Waals surface area contributed by atoms with Gasteiger partial charge in [-0.05, 0) is 24.6 Å². The number of anilines is 1. The fourth-order valence-electron chi connectivity index (χ4n) is 1.28. The van der Waals surface area contributed by atoms with Gasteiger partial charge in [-0.25, -0.2) is 10.8 Å². The third kappa shape index (κ3) is 2.66. The van der Waals surface area contributed by atoms with E-state index in [9.17, 15) is 4.39 Å². The Kier molecular flexibility index (Phi) is 3.59. The zero-order valence-electron chi connectivity index (χ0n) is 9.45. The van der Waals surface area contributed by atoms with Crippen LogP contribution in [0.3, 0.4) is 0 Å². The maximum absolute atomic E-state index is 13.5. The fourth-order valence-corrected chi connectivity index (χ4v) is 1.44. The van der Waals surface area contributed by atoms with E-state index in [0.717, 1.165) is 11.8 Å². The monoisotopic (exact) mass is 268 g/mol. The van der Waals surface area contributed by atoms with Crippen LogP contribution in [0, 0.1) is 12.7 Å². The van der Waals surface area contributed by atoms with Crippen LogP contribution in [0.4, 0.5) is 10.3 Å². The number of hydrogen-bond acceptors (Lipinski definition) is 5. The highest BCUT2D eigenvalue weighted by atomic mass is 35.5. The molecule has 3 N–H and O–H groups in total. The van der Waals surface area contributed by atoms with E-state index in [-0.39, 0.29) is 11.8 Å². The smallest absolute Gasteiger partial charge is 0.260 e. The van der Waals surface area contributed by atoms with E-state index < -0.39 is 5.82 Å². The summed E-state index contributed by atoms with van der Waals surface area (Å²) in [5.41, 5.74) is 3.02. The van der Waals surface area contributed by atoms with Crippen molar-refractivity contribution in [3.63, 3.8) is 0 Å². The molecule has 18 heavy (non-hydrogen) atoms. The summed E-state index contributed by atoms with van der Waals surface area (Å²) in [7, 11) is 0. The molecule has 0 atom stereocenters. The molecule has 2 aromatic rings. The third-order valence-electron chi connectivity index (χ3n) is 2.20. The fraction of sp³-hybridized carbons (Fsp3) is 0.0909. The van der Waals surface area contributed by atoms with Crippen LogP contribution in [-0.4, -0.2) is 9.97 Å². The summed E-state index contributed by atoms with van der Waals surface area (Å²) < 4.78 is 18.8. The van der Waals surface area contributed by atoms with Crippen molar-refractivity contribution in [2.75, 3.05) is 5.43 Å².